The van der Waals surface area contributed by atoms with Crippen LogP contribution >= 0.6 is 7.05 Å². The minimum atomic E-state index is -1.58. The molecule has 0 saturated carbocycles. The molecule has 1 rings (SSSR count). The van der Waals surface area contributed by atoms with Gasteiger partial charge in [-0.1, -0.05) is 99.3 Å². The maximum atomic E-state index is 5.43. The number of hydrogen-bond donors (Lipinski definition) is 0. The molecular weight excluding hydrogens is 357 g/mol. The average molecular weight is 397 g/mol. The molecule has 142 valence electrons. The summed E-state index contributed by atoms with van der Waals surface area (Å²) in [5.74, 6) is 0. The van der Waals surface area contributed by atoms with Gasteiger partial charge in [0.15, 0.2) is 0 Å². The molecule has 0 aromatic heterocycles. The topological polar surface area (TPSA) is 12.4 Å². The molecule has 0 aromatic rings. The van der Waals surface area contributed by atoms with Crippen molar-refractivity contribution in [1.82, 2.24) is 0 Å². The molecule has 1 aliphatic rings. The summed E-state index contributed by atoms with van der Waals surface area (Å²) in [5, 5.41) is 0.646. The van der Waals surface area contributed by atoms with Gasteiger partial charge in [-0.15, -0.1) is 0 Å². The summed E-state index contributed by atoms with van der Waals surface area (Å²) in [6.07, 6.45) is 9.27. The quantitative estimate of drug-likeness (QED) is 0.253. The van der Waals surface area contributed by atoms with Crippen molar-refractivity contribution in [2.75, 3.05) is 0 Å². The standard InChI is InChI=1S/C17H32NP.C5H8.Ti/c1-15(2,3)19(16(4,5)6,17(7,8)9)18-14-12-10-11-13-14;1-4-5(2)3;/h10-12H,13H2,1-9H3;4H,1-2H2,3H3;. The summed E-state index contributed by atoms with van der Waals surface area (Å²) in [6.45, 7) is 30.3. The zero-order valence-corrected chi connectivity index (χ0v) is 20.8. The third kappa shape index (κ3) is 6.85. The molecule has 0 aliphatic heterocycles. The molecule has 0 aromatic carbocycles. The van der Waals surface area contributed by atoms with Gasteiger partial charge >= 0.3 is 0 Å². The van der Waals surface area contributed by atoms with Gasteiger partial charge in [0.25, 0.3) is 0 Å². The number of nitrogens with zero attached hydrogens (tertiary/aromatic N) is 1. The van der Waals surface area contributed by atoms with Crippen LogP contribution in [0.4, 0.5) is 0 Å². The predicted octanol–water partition coefficient (Wildman–Crippen LogP) is 8.17. The van der Waals surface area contributed by atoms with Crippen molar-refractivity contribution in [3.05, 3.63) is 48.7 Å². The summed E-state index contributed by atoms with van der Waals surface area (Å²) < 4.78 is 5.43. The Hall–Kier alpha value is -0.0957. The first-order chi connectivity index (χ1) is 10.6. The molecule has 0 fully saturated rings. The Morgan fingerprint density at radius 3 is 1.56 bits per heavy atom. The van der Waals surface area contributed by atoms with Gasteiger partial charge in [0, 0.05) is 33.8 Å². The third-order valence-corrected chi connectivity index (χ3v) is 10.7. The van der Waals surface area contributed by atoms with E-state index in [2.05, 4.69) is 93.7 Å². The Morgan fingerprint density at radius 1 is 1.00 bits per heavy atom. The SMILES string of the molecule is C=CC(=C)C.CC(C)(C)P(=NC1=CC=CC1)(C(C)(C)C)C(C)(C)C.[Ti]. The molecule has 0 radical (unpaired) electrons. The van der Waals surface area contributed by atoms with Gasteiger partial charge < -0.3 is 0 Å². The van der Waals surface area contributed by atoms with Gasteiger partial charge in [0.1, 0.15) is 0 Å². The van der Waals surface area contributed by atoms with Crippen molar-refractivity contribution >= 4 is 7.05 Å². The third-order valence-electron chi connectivity index (χ3n) is 4.29. The van der Waals surface area contributed by atoms with E-state index < -0.39 is 7.05 Å². The first-order valence-electron chi connectivity index (χ1n) is 8.86. The Balaban J connectivity index is 0. The molecule has 3 heteroatoms. The van der Waals surface area contributed by atoms with Crippen molar-refractivity contribution in [2.45, 2.75) is 91.1 Å². The van der Waals surface area contributed by atoms with Crippen molar-refractivity contribution in [3.8, 4) is 0 Å². The van der Waals surface area contributed by atoms with Crippen LogP contribution in [0.1, 0.15) is 75.7 Å². The Labute approximate surface area is 173 Å². The predicted molar refractivity (Wildman–Crippen MR) is 115 cm³/mol. The molecule has 0 atom stereocenters. The maximum absolute atomic E-state index is 5.43. The second-order valence-electron chi connectivity index (χ2n) is 9.59. The molecule has 0 saturated heterocycles. The first-order valence-corrected chi connectivity index (χ1v) is 10.6. The van der Waals surface area contributed by atoms with Gasteiger partial charge in [-0.2, -0.15) is 0 Å². The van der Waals surface area contributed by atoms with Crippen molar-refractivity contribution in [1.29, 1.82) is 0 Å². The van der Waals surface area contributed by atoms with E-state index >= 15 is 0 Å². The van der Waals surface area contributed by atoms with Gasteiger partial charge in [0.2, 0.25) is 0 Å². The summed E-state index contributed by atoms with van der Waals surface area (Å²) in [7, 11) is -1.58. The van der Waals surface area contributed by atoms with E-state index in [1.165, 1.54) is 5.70 Å². The first kappa shape index (κ1) is 27.1. The van der Waals surface area contributed by atoms with Crippen molar-refractivity contribution < 1.29 is 21.7 Å². The van der Waals surface area contributed by atoms with Gasteiger partial charge in [-0.05, 0) is 35.5 Å². The van der Waals surface area contributed by atoms with Crippen LogP contribution in [-0.4, -0.2) is 15.5 Å². The minimum Gasteiger partial charge on any atom is -0.270 e. The van der Waals surface area contributed by atoms with E-state index in [1.54, 1.807) is 6.08 Å². The maximum Gasteiger partial charge on any atom is 0.0425 e. The van der Waals surface area contributed by atoms with Gasteiger partial charge in [0.05, 0.1) is 0 Å². The molecule has 1 aliphatic carbocycles. The van der Waals surface area contributed by atoms with Crippen molar-refractivity contribution in [2.24, 2.45) is 4.74 Å². The number of rotatable bonds is 2. The largest absolute Gasteiger partial charge is 0.270 e. The van der Waals surface area contributed by atoms with Crippen LogP contribution in [0.25, 0.3) is 0 Å². The fraction of sp³-hybridized carbons (Fsp3) is 0.636. The van der Waals surface area contributed by atoms with Crippen LogP contribution in [-0.2, 0) is 21.7 Å². The van der Waals surface area contributed by atoms with E-state index in [-0.39, 0.29) is 37.2 Å². The summed E-state index contributed by atoms with van der Waals surface area (Å²) in [5.41, 5.74) is 2.29. The summed E-state index contributed by atoms with van der Waals surface area (Å²) in [4.78, 5) is 0. The van der Waals surface area contributed by atoms with Crippen LogP contribution in [0.15, 0.2) is 53.5 Å². The molecule has 0 amide bonds. The van der Waals surface area contributed by atoms with E-state index in [0.717, 1.165) is 12.0 Å². The van der Waals surface area contributed by atoms with Crippen LogP contribution in [0.2, 0.25) is 0 Å². The monoisotopic (exact) mass is 397 g/mol. The van der Waals surface area contributed by atoms with E-state index in [1.807, 2.05) is 6.92 Å². The molecule has 1 nitrogen and oxygen atoms in total. The van der Waals surface area contributed by atoms with Gasteiger partial charge in [-0.3, -0.25) is 4.74 Å². The van der Waals surface area contributed by atoms with Crippen LogP contribution in [0.5, 0.6) is 0 Å². The van der Waals surface area contributed by atoms with Crippen LogP contribution in [0, 0.1) is 0 Å². The smallest absolute Gasteiger partial charge is 0.0425 e. The second kappa shape index (κ2) is 9.73. The molecular formula is C22H40NPTi. The normalized spacial score (nSPS) is 14.7. The zero-order valence-electron chi connectivity index (χ0n) is 18.3. The number of hydrogen-bond acceptors (Lipinski definition) is 1. The Bertz CT molecular complexity index is 530. The molecule has 0 N–H and O–H groups in total. The minimum absolute atomic E-state index is 0. The molecule has 25 heavy (non-hydrogen) atoms. The van der Waals surface area contributed by atoms with Crippen LogP contribution < -0.4 is 0 Å². The van der Waals surface area contributed by atoms with Crippen molar-refractivity contribution in [3.63, 3.8) is 0 Å². The van der Waals surface area contributed by atoms with Gasteiger partial charge in [-0.25, -0.2) is 0 Å². The molecule has 0 heterocycles. The Kier molecular flexibility index (Phi) is 10.6. The molecule has 0 unspecified atom stereocenters. The van der Waals surface area contributed by atoms with E-state index in [0.29, 0.717) is 0 Å². The number of allylic oxidation sites excluding steroid dienone is 5. The fourth-order valence-corrected chi connectivity index (χ4v) is 11.6. The van der Waals surface area contributed by atoms with E-state index in [9.17, 15) is 0 Å². The summed E-state index contributed by atoms with van der Waals surface area (Å²) in [6, 6.07) is 0. The average Bonchev–Trinajstić information content (AvgIpc) is 2.84. The molecule has 0 bridgehead atoms. The van der Waals surface area contributed by atoms with E-state index in [4.69, 9.17) is 4.74 Å². The molecule has 0 spiro atoms. The zero-order chi connectivity index (χ0) is 19.4. The second-order valence-corrected chi connectivity index (χ2v) is 15.1. The summed E-state index contributed by atoms with van der Waals surface area (Å²) >= 11 is 0. The Morgan fingerprint density at radius 2 is 1.36 bits per heavy atom. The fourth-order valence-electron chi connectivity index (χ4n) is 4.17. The van der Waals surface area contributed by atoms with Crippen LogP contribution in [0.3, 0.4) is 0 Å².